The van der Waals surface area contributed by atoms with E-state index in [2.05, 4.69) is 10.3 Å². The first-order chi connectivity index (χ1) is 9.97. The molecule has 0 aliphatic carbocycles. The number of nitrogens with one attached hydrogen (secondary N) is 1. The number of rotatable bonds is 5. The van der Waals surface area contributed by atoms with Gasteiger partial charge in [0.1, 0.15) is 5.82 Å². The minimum absolute atomic E-state index is 0.0400. The van der Waals surface area contributed by atoms with Crippen LogP contribution in [0.5, 0.6) is 0 Å². The minimum Gasteiger partial charge on any atom is -0.353 e. The van der Waals surface area contributed by atoms with E-state index in [9.17, 15) is 18.4 Å². The molecule has 9 heteroatoms. The lowest BCUT2D eigenvalue weighted by Gasteiger charge is -2.28. The number of amides is 2. The number of halogens is 2. The normalized spacial score (nSPS) is 15.7. The van der Waals surface area contributed by atoms with Crippen molar-refractivity contribution in [1.82, 2.24) is 24.7 Å². The number of likely N-dealkylation sites (N-methyl/N-ethyl adjacent to an activating group) is 1. The molecule has 1 aliphatic heterocycles. The summed E-state index contributed by atoms with van der Waals surface area (Å²) in [4.78, 5) is 30.2. The third-order valence-electron chi connectivity index (χ3n) is 3.17. The highest BCUT2D eigenvalue weighted by Crippen LogP contribution is 2.13. The van der Waals surface area contributed by atoms with Crippen LogP contribution in [0.25, 0.3) is 0 Å². The maximum absolute atomic E-state index is 12.7. The second kappa shape index (κ2) is 6.61. The molecule has 1 saturated heterocycles. The summed E-state index contributed by atoms with van der Waals surface area (Å²) in [5.74, 6) is -0.204. The molecule has 2 heterocycles. The van der Waals surface area contributed by atoms with Crippen molar-refractivity contribution in [2.45, 2.75) is 13.1 Å². The molecule has 1 N–H and O–H groups in total. The zero-order valence-electron chi connectivity index (χ0n) is 11.6. The van der Waals surface area contributed by atoms with Gasteiger partial charge in [-0.3, -0.25) is 19.1 Å². The zero-order chi connectivity index (χ0) is 15.4. The molecular weight excluding hydrogens is 284 g/mol. The van der Waals surface area contributed by atoms with Crippen LogP contribution in [0.3, 0.4) is 0 Å². The van der Waals surface area contributed by atoms with Crippen LogP contribution in [-0.2, 0) is 16.1 Å². The maximum atomic E-state index is 12.7. The lowest BCUT2D eigenvalue weighted by Crippen LogP contribution is -2.52. The van der Waals surface area contributed by atoms with Gasteiger partial charge in [-0.2, -0.15) is 8.78 Å². The van der Waals surface area contributed by atoms with E-state index in [-0.39, 0.29) is 37.3 Å². The Bertz CT molecular complexity index is 520. The minimum atomic E-state index is -2.66. The lowest BCUT2D eigenvalue weighted by atomic mass is 10.3. The van der Waals surface area contributed by atoms with Crippen LogP contribution in [-0.4, -0.2) is 64.4 Å². The van der Waals surface area contributed by atoms with Gasteiger partial charge >= 0.3 is 6.55 Å². The van der Waals surface area contributed by atoms with Crippen molar-refractivity contribution in [1.29, 1.82) is 0 Å². The Morgan fingerprint density at radius 3 is 3.00 bits per heavy atom. The first-order valence-corrected chi connectivity index (χ1v) is 6.50. The number of carbonyl (C=O) groups excluding carboxylic acids is 2. The number of nitrogens with zero attached hydrogens (tertiary/aromatic N) is 4. The first kappa shape index (κ1) is 15.4. The molecule has 7 nitrogen and oxygen atoms in total. The molecule has 0 spiro atoms. The number of alkyl halides is 2. The smallest absolute Gasteiger partial charge is 0.319 e. The number of hydrogen-bond donors (Lipinski definition) is 1. The van der Waals surface area contributed by atoms with E-state index in [4.69, 9.17) is 0 Å². The van der Waals surface area contributed by atoms with Crippen LogP contribution < -0.4 is 5.32 Å². The Kier molecular flexibility index (Phi) is 4.84. The van der Waals surface area contributed by atoms with Gasteiger partial charge in [0.2, 0.25) is 11.8 Å². The van der Waals surface area contributed by atoms with Crippen LogP contribution in [0.4, 0.5) is 8.78 Å². The summed E-state index contributed by atoms with van der Waals surface area (Å²) in [7, 11) is 1.65. The van der Waals surface area contributed by atoms with Crippen LogP contribution in [0.15, 0.2) is 12.4 Å². The monoisotopic (exact) mass is 301 g/mol. The fourth-order valence-electron chi connectivity index (χ4n) is 2.12. The summed E-state index contributed by atoms with van der Waals surface area (Å²) in [6.07, 6.45) is 2.50. The Labute approximate surface area is 120 Å². The largest absolute Gasteiger partial charge is 0.353 e. The van der Waals surface area contributed by atoms with Crippen LogP contribution in [0.1, 0.15) is 12.4 Å². The van der Waals surface area contributed by atoms with Crippen molar-refractivity contribution in [3.63, 3.8) is 0 Å². The van der Waals surface area contributed by atoms with Crippen LogP contribution >= 0.6 is 0 Å². The predicted octanol–water partition coefficient (Wildman–Crippen LogP) is -0.332. The molecule has 116 valence electrons. The fourth-order valence-corrected chi connectivity index (χ4v) is 2.12. The van der Waals surface area contributed by atoms with Gasteiger partial charge in [0, 0.05) is 25.5 Å². The topological polar surface area (TPSA) is 70.5 Å². The Balaban J connectivity index is 1.89. The molecule has 2 rings (SSSR count). The van der Waals surface area contributed by atoms with E-state index in [0.29, 0.717) is 13.1 Å². The van der Waals surface area contributed by atoms with Gasteiger partial charge in [0.25, 0.3) is 0 Å². The Hall–Kier alpha value is -2.03. The zero-order valence-corrected chi connectivity index (χ0v) is 11.6. The molecule has 1 aliphatic rings. The van der Waals surface area contributed by atoms with E-state index in [1.807, 2.05) is 0 Å². The summed E-state index contributed by atoms with van der Waals surface area (Å²) in [6, 6.07) is 0. The van der Waals surface area contributed by atoms with Gasteiger partial charge in [0.05, 0.1) is 19.6 Å². The second-order valence-electron chi connectivity index (χ2n) is 4.87. The van der Waals surface area contributed by atoms with Crippen molar-refractivity contribution in [3.05, 3.63) is 18.2 Å². The third-order valence-corrected chi connectivity index (χ3v) is 3.17. The molecule has 1 aromatic heterocycles. The third kappa shape index (κ3) is 3.97. The summed E-state index contributed by atoms with van der Waals surface area (Å²) in [5, 5.41) is 2.63. The molecule has 0 aromatic carbocycles. The van der Waals surface area contributed by atoms with E-state index in [1.54, 1.807) is 11.9 Å². The molecule has 0 atom stereocenters. The van der Waals surface area contributed by atoms with Gasteiger partial charge in [-0.1, -0.05) is 0 Å². The quantitative estimate of drug-likeness (QED) is 0.808. The summed E-state index contributed by atoms with van der Waals surface area (Å²) >= 11 is 0. The molecular formula is C12H17F2N5O2. The second-order valence-corrected chi connectivity index (χ2v) is 4.87. The van der Waals surface area contributed by atoms with Gasteiger partial charge in [-0.25, -0.2) is 4.98 Å². The standard InChI is InChI=1S/C12H17F2N5O2/c1-17(6-9-15-3-5-19(9)12(13)14)8-11(21)18-4-2-16-10(20)7-18/h3,5,12H,2,4,6-8H2,1H3,(H,16,20). The number of piperazine rings is 1. The molecule has 0 saturated carbocycles. The highest BCUT2D eigenvalue weighted by molar-refractivity contribution is 5.86. The van der Waals surface area contributed by atoms with Crippen molar-refractivity contribution in [3.8, 4) is 0 Å². The van der Waals surface area contributed by atoms with Crippen molar-refractivity contribution in [2.24, 2.45) is 0 Å². The van der Waals surface area contributed by atoms with Gasteiger partial charge < -0.3 is 10.2 Å². The summed E-state index contributed by atoms with van der Waals surface area (Å²) in [5.41, 5.74) is 0. The van der Waals surface area contributed by atoms with Crippen molar-refractivity contribution >= 4 is 11.8 Å². The van der Waals surface area contributed by atoms with E-state index < -0.39 is 6.55 Å². The average molecular weight is 301 g/mol. The van der Waals surface area contributed by atoms with Crippen LogP contribution in [0.2, 0.25) is 0 Å². The highest BCUT2D eigenvalue weighted by Gasteiger charge is 2.22. The van der Waals surface area contributed by atoms with Gasteiger partial charge in [-0.15, -0.1) is 0 Å². The molecule has 1 aromatic rings. The van der Waals surface area contributed by atoms with E-state index in [1.165, 1.54) is 17.3 Å². The molecule has 1 fully saturated rings. The number of carbonyl (C=O) groups is 2. The Morgan fingerprint density at radius 2 is 2.33 bits per heavy atom. The number of hydrogen-bond acceptors (Lipinski definition) is 4. The van der Waals surface area contributed by atoms with Crippen molar-refractivity contribution in [2.75, 3.05) is 33.2 Å². The fraction of sp³-hybridized carbons (Fsp3) is 0.583. The number of imidazole rings is 1. The first-order valence-electron chi connectivity index (χ1n) is 6.50. The molecule has 2 amide bonds. The highest BCUT2D eigenvalue weighted by atomic mass is 19.3. The SMILES string of the molecule is CN(CC(=O)N1CCNC(=O)C1)Cc1nccn1C(F)F. The van der Waals surface area contributed by atoms with Gasteiger partial charge in [-0.05, 0) is 7.05 Å². The predicted molar refractivity (Wildman–Crippen MR) is 69.4 cm³/mol. The maximum Gasteiger partial charge on any atom is 0.319 e. The van der Waals surface area contributed by atoms with E-state index >= 15 is 0 Å². The molecule has 21 heavy (non-hydrogen) atoms. The van der Waals surface area contributed by atoms with Crippen LogP contribution in [0, 0.1) is 0 Å². The summed E-state index contributed by atoms with van der Waals surface area (Å²) in [6.45, 7) is -1.55. The molecule has 0 radical (unpaired) electrons. The molecule has 0 unspecified atom stereocenters. The number of aromatic nitrogens is 2. The van der Waals surface area contributed by atoms with E-state index in [0.717, 1.165) is 4.57 Å². The summed E-state index contributed by atoms with van der Waals surface area (Å²) < 4.78 is 26.1. The Morgan fingerprint density at radius 1 is 1.57 bits per heavy atom. The van der Waals surface area contributed by atoms with Crippen molar-refractivity contribution < 1.29 is 18.4 Å². The molecule has 0 bridgehead atoms. The van der Waals surface area contributed by atoms with Gasteiger partial charge in [0.15, 0.2) is 0 Å². The average Bonchev–Trinajstić information content (AvgIpc) is 2.86. The lowest BCUT2D eigenvalue weighted by molar-refractivity contribution is -0.138.